The fourth-order valence-corrected chi connectivity index (χ4v) is 1.91. The summed E-state index contributed by atoms with van der Waals surface area (Å²) < 4.78 is 43.3. The molecular weight excluding hydrogens is 283 g/mol. The van der Waals surface area contributed by atoms with E-state index in [2.05, 4.69) is 4.98 Å². The lowest BCUT2D eigenvalue weighted by atomic mass is 10.0. The molecule has 0 aliphatic rings. The number of hydrogen-bond donors (Lipinski definition) is 1. The molecule has 0 saturated carbocycles. The largest absolute Gasteiger partial charge is 0.492 e. The van der Waals surface area contributed by atoms with Crippen LogP contribution in [-0.4, -0.2) is 16.7 Å². The van der Waals surface area contributed by atoms with Crippen molar-refractivity contribution in [2.75, 3.05) is 6.61 Å². The van der Waals surface area contributed by atoms with Crippen molar-refractivity contribution in [3.63, 3.8) is 0 Å². The second-order valence-electron chi connectivity index (χ2n) is 4.41. The highest BCUT2D eigenvalue weighted by atomic mass is 19.4. The molecule has 6 heteroatoms. The van der Waals surface area contributed by atoms with E-state index in [1.54, 1.807) is 13.0 Å². The molecule has 0 fully saturated rings. The van der Waals surface area contributed by atoms with Gasteiger partial charge in [0.1, 0.15) is 11.9 Å². The van der Waals surface area contributed by atoms with Crippen LogP contribution in [0, 0.1) is 0 Å². The van der Waals surface area contributed by atoms with Gasteiger partial charge in [-0.05, 0) is 30.7 Å². The van der Waals surface area contributed by atoms with Crippen molar-refractivity contribution in [3.8, 4) is 5.75 Å². The lowest BCUT2D eigenvalue weighted by Crippen LogP contribution is -2.07. The molecule has 0 aliphatic heterocycles. The minimum atomic E-state index is -4.44. The monoisotopic (exact) mass is 297 g/mol. The van der Waals surface area contributed by atoms with Gasteiger partial charge in [0.15, 0.2) is 0 Å². The summed E-state index contributed by atoms with van der Waals surface area (Å²) in [6, 6.07) is 6.15. The highest BCUT2D eigenvalue weighted by molar-refractivity contribution is 5.35. The number of alkyl halides is 3. The first-order chi connectivity index (χ1) is 9.91. The Morgan fingerprint density at radius 1 is 1.19 bits per heavy atom. The first kappa shape index (κ1) is 15.3. The van der Waals surface area contributed by atoms with Gasteiger partial charge in [-0.3, -0.25) is 4.98 Å². The van der Waals surface area contributed by atoms with Crippen LogP contribution in [0.25, 0.3) is 0 Å². The molecule has 0 aliphatic carbocycles. The average Bonchev–Trinajstić information content (AvgIpc) is 2.46. The zero-order chi connectivity index (χ0) is 15.5. The smallest absolute Gasteiger partial charge is 0.416 e. The molecule has 0 amide bonds. The lowest BCUT2D eigenvalue weighted by Gasteiger charge is -2.14. The van der Waals surface area contributed by atoms with Crippen LogP contribution in [0.5, 0.6) is 5.75 Å². The van der Waals surface area contributed by atoms with Gasteiger partial charge in [0.05, 0.1) is 18.4 Å². The number of aliphatic hydroxyl groups excluding tert-OH is 1. The third-order valence-electron chi connectivity index (χ3n) is 2.89. The van der Waals surface area contributed by atoms with Gasteiger partial charge in [-0.15, -0.1) is 0 Å². The third-order valence-corrected chi connectivity index (χ3v) is 2.89. The molecule has 2 aromatic rings. The molecular formula is C15H14F3NO2. The number of ether oxygens (including phenoxy) is 1. The molecule has 3 nitrogen and oxygen atoms in total. The van der Waals surface area contributed by atoms with Gasteiger partial charge >= 0.3 is 6.18 Å². The summed E-state index contributed by atoms with van der Waals surface area (Å²) in [5, 5.41) is 10.2. The van der Waals surface area contributed by atoms with E-state index in [1.165, 1.54) is 24.5 Å². The van der Waals surface area contributed by atoms with Crippen LogP contribution >= 0.6 is 0 Å². The summed E-state index contributed by atoms with van der Waals surface area (Å²) in [6.07, 6.45) is -2.76. The molecule has 1 heterocycles. The number of rotatable bonds is 4. The summed E-state index contributed by atoms with van der Waals surface area (Å²) in [6.45, 7) is 2.24. The maximum Gasteiger partial charge on any atom is 0.416 e. The van der Waals surface area contributed by atoms with Gasteiger partial charge in [-0.25, -0.2) is 0 Å². The second-order valence-corrected chi connectivity index (χ2v) is 4.41. The molecule has 2 rings (SSSR count). The van der Waals surface area contributed by atoms with Crippen LogP contribution in [0.2, 0.25) is 0 Å². The van der Waals surface area contributed by atoms with Crippen molar-refractivity contribution in [2.45, 2.75) is 19.2 Å². The van der Waals surface area contributed by atoms with Crippen molar-refractivity contribution < 1.29 is 23.0 Å². The van der Waals surface area contributed by atoms with E-state index < -0.39 is 17.8 Å². The summed E-state index contributed by atoms with van der Waals surface area (Å²) in [5.74, 6) is 0.459. The molecule has 0 spiro atoms. The number of pyridine rings is 1. The predicted molar refractivity (Wildman–Crippen MR) is 70.9 cm³/mol. The Morgan fingerprint density at radius 2 is 1.95 bits per heavy atom. The second kappa shape index (κ2) is 6.13. The Morgan fingerprint density at radius 3 is 2.62 bits per heavy atom. The van der Waals surface area contributed by atoms with Gasteiger partial charge in [-0.2, -0.15) is 13.2 Å². The first-order valence-corrected chi connectivity index (χ1v) is 6.34. The Labute approximate surface area is 120 Å². The SMILES string of the molecule is CCOc1cncc(C(O)c2cccc(C(F)(F)F)c2)c1. The standard InChI is InChI=1S/C15H14F3NO2/c1-2-21-13-7-11(8-19-9-13)14(20)10-4-3-5-12(6-10)15(16,17)18/h3-9,14,20H,2H2,1H3. The first-order valence-electron chi connectivity index (χ1n) is 6.34. The topological polar surface area (TPSA) is 42.4 Å². The molecule has 112 valence electrons. The Hall–Kier alpha value is -2.08. The van der Waals surface area contributed by atoms with E-state index in [9.17, 15) is 18.3 Å². The van der Waals surface area contributed by atoms with Crippen LogP contribution < -0.4 is 4.74 Å². The average molecular weight is 297 g/mol. The van der Waals surface area contributed by atoms with Crippen LogP contribution in [-0.2, 0) is 6.18 Å². The zero-order valence-corrected chi connectivity index (χ0v) is 11.3. The maximum atomic E-state index is 12.7. The predicted octanol–water partition coefficient (Wildman–Crippen LogP) is 3.58. The van der Waals surface area contributed by atoms with Gasteiger partial charge in [0.25, 0.3) is 0 Å². The molecule has 0 radical (unpaired) electrons. The van der Waals surface area contributed by atoms with Crippen LogP contribution in [0.3, 0.4) is 0 Å². The minimum absolute atomic E-state index is 0.153. The molecule has 21 heavy (non-hydrogen) atoms. The van der Waals surface area contributed by atoms with Gasteiger partial charge in [-0.1, -0.05) is 12.1 Å². The number of halogens is 3. The Bertz CT molecular complexity index is 614. The fraction of sp³-hybridized carbons (Fsp3) is 0.267. The molecule has 1 N–H and O–H groups in total. The Kier molecular flexibility index (Phi) is 4.47. The van der Waals surface area contributed by atoms with Crippen molar-refractivity contribution in [2.24, 2.45) is 0 Å². The van der Waals surface area contributed by atoms with E-state index >= 15 is 0 Å². The van der Waals surface area contributed by atoms with E-state index in [1.807, 2.05) is 0 Å². The number of aliphatic hydroxyl groups is 1. The quantitative estimate of drug-likeness (QED) is 0.938. The Balaban J connectivity index is 2.31. The number of nitrogens with zero attached hydrogens (tertiary/aromatic N) is 1. The summed E-state index contributed by atoms with van der Waals surface area (Å²) >= 11 is 0. The van der Waals surface area contributed by atoms with Crippen LogP contribution in [0.4, 0.5) is 13.2 Å². The normalized spacial score (nSPS) is 13.0. The lowest BCUT2D eigenvalue weighted by molar-refractivity contribution is -0.137. The molecule has 1 unspecified atom stereocenters. The summed E-state index contributed by atoms with van der Waals surface area (Å²) in [7, 11) is 0. The number of benzene rings is 1. The molecule has 0 saturated heterocycles. The van der Waals surface area contributed by atoms with Crippen LogP contribution in [0.15, 0.2) is 42.7 Å². The van der Waals surface area contributed by atoms with Gasteiger partial charge in [0, 0.05) is 11.8 Å². The molecule has 1 aromatic heterocycles. The van der Waals surface area contributed by atoms with Crippen molar-refractivity contribution in [3.05, 3.63) is 59.4 Å². The van der Waals surface area contributed by atoms with E-state index in [-0.39, 0.29) is 5.56 Å². The third kappa shape index (κ3) is 3.72. The number of hydrogen-bond acceptors (Lipinski definition) is 3. The molecule has 1 aromatic carbocycles. The van der Waals surface area contributed by atoms with E-state index in [0.717, 1.165) is 12.1 Å². The molecule has 0 bridgehead atoms. The van der Waals surface area contributed by atoms with E-state index in [4.69, 9.17) is 4.74 Å². The minimum Gasteiger partial charge on any atom is -0.492 e. The van der Waals surface area contributed by atoms with E-state index in [0.29, 0.717) is 17.9 Å². The highest BCUT2D eigenvalue weighted by Crippen LogP contribution is 2.32. The van der Waals surface area contributed by atoms with Gasteiger partial charge < -0.3 is 9.84 Å². The van der Waals surface area contributed by atoms with Crippen molar-refractivity contribution in [1.29, 1.82) is 0 Å². The zero-order valence-electron chi connectivity index (χ0n) is 11.3. The summed E-state index contributed by atoms with van der Waals surface area (Å²) in [5.41, 5.74) is -0.270. The van der Waals surface area contributed by atoms with Crippen molar-refractivity contribution >= 4 is 0 Å². The maximum absolute atomic E-state index is 12.7. The fourth-order valence-electron chi connectivity index (χ4n) is 1.91. The highest BCUT2D eigenvalue weighted by Gasteiger charge is 2.31. The summed E-state index contributed by atoms with van der Waals surface area (Å²) in [4.78, 5) is 3.91. The van der Waals surface area contributed by atoms with Gasteiger partial charge in [0.2, 0.25) is 0 Å². The van der Waals surface area contributed by atoms with Crippen LogP contribution in [0.1, 0.15) is 29.7 Å². The van der Waals surface area contributed by atoms with Crippen molar-refractivity contribution in [1.82, 2.24) is 4.98 Å². The number of aromatic nitrogens is 1. The molecule has 1 atom stereocenters.